The zero-order chi connectivity index (χ0) is 15.1. The number of rotatable bonds is 7. The van der Waals surface area contributed by atoms with Crippen molar-refractivity contribution >= 4 is 11.9 Å². The number of amides is 1. The van der Waals surface area contributed by atoms with Crippen LogP contribution in [-0.4, -0.2) is 30.1 Å². The van der Waals surface area contributed by atoms with E-state index in [1.807, 2.05) is 32.0 Å². The Hall–Kier alpha value is -2.04. The Morgan fingerprint density at radius 3 is 2.55 bits per heavy atom. The minimum atomic E-state index is -0.900. The van der Waals surface area contributed by atoms with E-state index >= 15 is 0 Å². The average Bonchev–Trinajstić information content (AvgIpc) is 2.40. The highest BCUT2D eigenvalue weighted by Gasteiger charge is 2.15. The minimum absolute atomic E-state index is 0.113. The third-order valence-corrected chi connectivity index (χ3v) is 3.24. The first-order valence-electron chi connectivity index (χ1n) is 6.63. The second kappa shape index (κ2) is 7.53. The van der Waals surface area contributed by atoms with E-state index in [-0.39, 0.29) is 19.1 Å². The molecule has 0 aliphatic rings. The Bertz CT molecular complexity index is 485. The molecule has 0 radical (unpaired) electrons. The lowest BCUT2D eigenvalue weighted by molar-refractivity contribution is -0.141. The van der Waals surface area contributed by atoms with Crippen LogP contribution in [0.25, 0.3) is 0 Å². The number of benzene rings is 1. The van der Waals surface area contributed by atoms with Crippen molar-refractivity contribution in [1.29, 1.82) is 0 Å². The molecule has 5 heteroatoms. The fourth-order valence-corrected chi connectivity index (χ4v) is 1.65. The smallest absolute Gasteiger partial charge is 0.308 e. The number of hydrogen-bond donors (Lipinski definition) is 2. The molecule has 0 spiro atoms. The highest BCUT2D eigenvalue weighted by atomic mass is 16.5. The number of ether oxygens (including phenoxy) is 1. The van der Waals surface area contributed by atoms with Crippen LogP contribution in [0.1, 0.15) is 24.5 Å². The maximum absolute atomic E-state index is 11.6. The molecule has 110 valence electrons. The summed E-state index contributed by atoms with van der Waals surface area (Å²) in [5.41, 5.74) is 2.26. The zero-order valence-corrected chi connectivity index (χ0v) is 12.1. The molecule has 1 rings (SSSR count). The quantitative estimate of drug-likeness (QED) is 0.799. The number of carboxylic acid groups (broad SMARTS) is 1. The summed E-state index contributed by atoms with van der Waals surface area (Å²) in [6.45, 7) is 5.76. The maximum atomic E-state index is 11.6. The molecule has 0 aliphatic carbocycles. The van der Waals surface area contributed by atoms with Crippen molar-refractivity contribution in [2.75, 3.05) is 13.2 Å². The molecule has 1 atom stereocenters. The molecule has 5 nitrogen and oxygen atoms in total. The summed E-state index contributed by atoms with van der Waals surface area (Å²) < 4.78 is 5.37. The number of carbonyl (C=O) groups is 2. The zero-order valence-electron chi connectivity index (χ0n) is 12.1. The fraction of sp³-hybridized carbons (Fsp3) is 0.467. The summed E-state index contributed by atoms with van der Waals surface area (Å²) >= 11 is 0. The molecule has 1 amide bonds. The number of carboxylic acids is 1. The highest BCUT2D eigenvalue weighted by molar-refractivity contribution is 5.78. The summed E-state index contributed by atoms with van der Waals surface area (Å²) in [6.07, 6.45) is 0.480. The molecule has 1 aromatic carbocycles. The third kappa shape index (κ3) is 4.91. The van der Waals surface area contributed by atoms with Crippen LogP contribution in [0.15, 0.2) is 18.2 Å². The van der Waals surface area contributed by atoms with Crippen LogP contribution in [0.5, 0.6) is 5.75 Å². The van der Waals surface area contributed by atoms with Gasteiger partial charge in [-0.15, -0.1) is 0 Å². The topological polar surface area (TPSA) is 75.6 Å². The molecule has 1 aromatic rings. The monoisotopic (exact) mass is 279 g/mol. The van der Waals surface area contributed by atoms with Gasteiger partial charge in [0.1, 0.15) is 5.75 Å². The first-order valence-corrected chi connectivity index (χ1v) is 6.63. The van der Waals surface area contributed by atoms with E-state index in [9.17, 15) is 9.59 Å². The van der Waals surface area contributed by atoms with Crippen LogP contribution in [0.4, 0.5) is 0 Å². The summed E-state index contributed by atoms with van der Waals surface area (Å²) in [5, 5.41) is 11.4. The van der Waals surface area contributed by atoms with E-state index in [1.165, 1.54) is 0 Å². The van der Waals surface area contributed by atoms with Gasteiger partial charge < -0.3 is 15.2 Å². The summed E-state index contributed by atoms with van der Waals surface area (Å²) in [7, 11) is 0. The first kappa shape index (κ1) is 16.0. The fourth-order valence-electron chi connectivity index (χ4n) is 1.65. The number of aliphatic carboxylic acids is 1. The minimum Gasteiger partial charge on any atom is -0.484 e. The Morgan fingerprint density at radius 1 is 1.30 bits per heavy atom. The Morgan fingerprint density at radius 2 is 2.00 bits per heavy atom. The Kier molecular flexibility index (Phi) is 6.03. The molecule has 0 aromatic heterocycles. The van der Waals surface area contributed by atoms with Gasteiger partial charge in [-0.3, -0.25) is 9.59 Å². The number of carbonyl (C=O) groups excluding carboxylic acids is 1. The second-order valence-electron chi connectivity index (χ2n) is 4.78. The number of nitrogens with one attached hydrogen (secondary N) is 1. The van der Waals surface area contributed by atoms with Crippen molar-refractivity contribution in [2.24, 2.45) is 5.92 Å². The van der Waals surface area contributed by atoms with Gasteiger partial charge in [0.15, 0.2) is 6.61 Å². The maximum Gasteiger partial charge on any atom is 0.308 e. The van der Waals surface area contributed by atoms with Crippen molar-refractivity contribution in [3.05, 3.63) is 29.3 Å². The van der Waals surface area contributed by atoms with Gasteiger partial charge in [-0.2, -0.15) is 0 Å². The van der Waals surface area contributed by atoms with Gasteiger partial charge in [0.05, 0.1) is 5.92 Å². The van der Waals surface area contributed by atoms with Crippen LogP contribution in [-0.2, 0) is 9.59 Å². The van der Waals surface area contributed by atoms with Crippen molar-refractivity contribution in [3.8, 4) is 5.75 Å². The van der Waals surface area contributed by atoms with Crippen LogP contribution < -0.4 is 10.1 Å². The Labute approximate surface area is 118 Å². The predicted octanol–water partition coefficient (Wildman–Crippen LogP) is 1.91. The van der Waals surface area contributed by atoms with Gasteiger partial charge >= 0.3 is 5.97 Å². The average molecular weight is 279 g/mol. The van der Waals surface area contributed by atoms with Gasteiger partial charge in [-0.25, -0.2) is 0 Å². The van der Waals surface area contributed by atoms with Gasteiger partial charge in [-0.05, 0) is 43.5 Å². The molecule has 0 fully saturated rings. The van der Waals surface area contributed by atoms with E-state index in [4.69, 9.17) is 9.84 Å². The summed E-state index contributed by atoms with van der Waals surface area (Å²) in [6, 6.07) is 5.61. The largest absolute Gasteiger partial charge is 0.484 e. The SMILES string of the molecule is CCC(CNC(=O)COc1ccc(C)c(C)c1)C(=O)O. The van der Waals surface area contributed by atoms with E-state index < -0.39 is 11.9 Å². The molecular formula is C15H21NO4. The number of aryl methyl sites for hydroxylation is 2. The molecule has 0 bridgehead atoms. The summed E-state index contributed by atoms with van der Waals surface area (Å²) in [4.78, 5) is 22.4. The Balaban J connectivity index is 2.39. The van der Waals surface area contributed by atoms with Gasteiger partial charge in [0.25, 0.3) is 5.91 Å². The lowest BCUT2D eigenvalue weighted by Gasteiger charge is -2.12. The molecule has 0 heterocycles. The van der Waals surface area contributed by atoms with Crippen molar-refractivity contribution in [1.82, 2.24) is 5.32 Å². The lowest BCUT2D eigenvalue weighted by atomic mass is 10.1. The van der Waals surface area contributed by atoms with E-state index in [0.717, 1.165) is 11.1 Å². The van der Waals surface area contributed by atoms with E-state index in [1.54, 1.807) is 6.92 Å². The van der Waals surface area contributed by atoms with Crippen molar-refractivity contribution in [2.45, 2.75) is 27.2 Å². The van der Waals surface area contributed by atoms with E-state index in [2.05, 4.69) is 5.32 Å². The molecule has 0 saturated heterocycles. The third-order valence-electron chi connectivity index (χ3n) is 3.24. The van der Waals surface area contributed by atoms with Gasteiger partial charge in [-0.1, -0.05) is 13.0 Å². The molecule has 20 heavy (non-hydrogen) atoms. The second-order valence-corrected chi connectivity index (χ2v) is 4.78. The van der Waals surface area contributed by atoms with Gasteiger partial charge in [0.2, 0.25) is 0 Å². The molecule has 0 aliphatic heterocycles. The van der Waals surface area contributed by atoms with Crippen molar-refractivity contribution in [3.63, 3.8) is 0 Å². The highest BCUT2D eigenvalue weighted by Crippen LogP contribution is 2.16. The van der Waals surface area contributed by atoms with E-state index in [0.29, 0.717) is 12.2 Å². The van der Waals surface area contributed by atoms with Gasteiger partial charge in [0, 0.05) is 6.54 Å². The molecular weight excluding hydrogens is 258 g/mol. The lowest BCUT2D eigenvalue weighted by Crippen LogP contribution is -2.35. The van der Waals surface area contributed by atoms with Crippen LogP contribution in [0.3, 0.4) is 0 Å². The normalized spacial score (nSPS) is 11.8. The summed E-state index contributed by atoms with van der Waals surface area (Å²) in [5.74, 6) is -1.14. The standard InChI is InChI=1S/C15H21NO4/c1-4-12(15(18)19)8-16-14(17)9-20-13-6-5-10(2)11(3)7-13/h5-7,12H,4,8-9H2,1-3H3,(H,16,17)(H,18,19). The van der Waals surface area contributed by atoms with Crippen molar-refractivity contribution < 1.29 is 19.4 Å². The molecule has 1 unspecified atom stereocenters. The predicted molar refractivity (Wildman–Crippen MR) is 75.8 cm³/mol. The van der Waals surface area contributed by atoms with Crippen LogP contribution in [0, 0.1) is 19.8 Å². The molecule has 0 saturated carbocycles. The number of hydrogen-bond acceptors (Lipinski definition) is 3. The van der Waals surface area contributed by atoms with Crippen LogP contribution in [0.2, 0.25) is 0 Å². The van der Waals surface area contributed by atoms with Crippen LogP contribution >= 0.6 is 0 Å². The first-order chi connectivity index (χ1) is 9.43. The molecule has 2 N–H and O–H groups in total.